The second-order valence-electron chi connectivity index (χ2n) is 5.14. The fraction of sp³-hybridized carbons (Fsp3) is 0.500. The molecule has 4 nitrogen and oxygen atoms in total. The third-order valence-corrected chi connectivity index (χ3v) is 3.30. The molecule has 0 radical (unpaired) electrons. The molecule has 0 heterocycles. The first kappa shape index (κ1) is 15.6. The van der Waals surface area contributed by atoms with Gasteiger partial charge in [0.2, 0.25) is 0 Å². The van der Waals surface area contributed by atoms with E-state index < -0.39 is 6.10 Å². The molecule has 1 aromatic carbocycles. The Bertz CT molecular complexity index is 441. The second-order valence-corrected chi connectivity index (χ2v) is 5.55. The standard InChI is InChI=1S/C14H21ClN2O2/c1-5-14(3,4)17-13(18)9(2)19-12-10(15)7-6-8-11(12)16/h6-9H,5,16H2,1-4H3,(H,17,18). The number of carbonyl (C=O) groups is 1. The summed E-state index contributed by atoms with van der Waals surface area (Å²) in [4.78, 5) is 12.0. The van der Waals surface area contributed by atoms with Crippen LogP contribution >= 0.6 is 11.6 Å². The minimum absolute atomic E-state index is 0.189. The number of hydrogen-bond donors (Lipinski definition) is 2. The van der Waals surface area contributed by atoms with E-state index in [1.165, 1.54) is 0 Å². The third kappa shape index (κ3) is 4.31. The Hall–Kier alpha value is -1.42. The zero-order valence-corrected chi connectivity index (χ0v) is 12.5. The molecule has 106 valence electrons. The van der Waals surface area contributed by atoms with Gasteiger partial charge in [0.05, 0.1) is 10.7 Å². The number of para-hydroxylation sites is 1. The zero-order chi connectivity index (χ0) is 14.6. The summed E-state index contributed by atoms with van der Waals surface area (Å²) in [5.74, 6) is 0.160. The van der Waals surface area contributed by atoms with Gasteiger partial charge in [-0.15, -0.1) is 0 Å². The maximum Gasteiger partial charge on any atom is 0.261 e. The van der Waals surface area contributed by atoms with E-state index in [-0.39, 0.29) is 11.4 Å². The van der Waals surface area contributed by atoms with Crippen LogP contribution in [0.3, 0.4) is 0 Å². The number of benzene rings is 1. The topological polar surface area (TPSA) is 64.3 Å². The van der Waals surface area contributed by atoms with Gasteiger partial charge >= 0.3 is 0 Å². The molecule has 5 heteroatoms. The van der Waals surface area contributed by atoms with E-state index in [9.17, 15) is 4.79 Å². The predicted molar refractivity (Wildman–Crippen MR) is 78.5 cm³/mol. The first-order valence-electron chi connectivity index (χ1n) is 6.29. The normalized spacial score (nSPS) is 12.9. The first-order chi connectivity index (χ1) is 8.76. The van der Waals surface area contributed by atoms with Crippen molar-refractivity contribution in [2.24, 2.45) is 0 Å². The maximum absolute atomic E-state index is 12.0. The van der Waals surface area contributed by atoms with Crippen molar-refractivity contribution in [1.29, 1.82) is 0 Å². The highest BCUT2D eigenvalue weighted by Gasteiger charge is 2.23. The summed E-state index contributed by atoms with van der Waals surface area (Å²) in [6, 6.07) is 5.09. The lowest BCUT2D eigenvalue weighted by molar-refractivity contribution is -0.128. The van der Waals surface area contributed by atoms with Gasteiger partial charge in [0, 0.05) is 5.54 Å². The van der Waals surface area contributed by atoms with E-state index >= 15 is 0 Å². The minimum Gasteiger partial charge on any atom is -0.477 e. The predicted octanol–water partition coefficient (Wildman–Crippen LogP) is 2.99. The molecule has 0 bridgehead atoms. The molecule has 0 aliphatic rings. The number of anilines is 1. The van der Waals surface area contributed by atoms with Crippen LogP contribution in [0.4, 0.5) is 5.69 Å². The Morgan fingerprint density at radius 3 is 2.68 bits per heavy atom. The van der Waals surface area contributed by atoms with E-state index in [4.69, 9.17) is 22.1 Å². The molecule has 0 saturated carbocycles. The van der Waals surface area contributed by atoms with E-state index in [2.05, 4.69) is 5.32 Å². The molecule has 0 aromatic heterocycles. The Kier molecular flexibility index (Phi) is 5.06. The van der Waals surface area contributed by atoms with Crippen LogP contribution in [0.2, 0.25) is 5.02 Å². The monoisotopic (exact) mass is 284 g/mol. The van der Waals surface area contributed by atoms with E-state index in [0.717, 1.165) is 6.42 Å². The van der Waals surface area contributed by atoms with Gasteiger partial charge in [-0.25, -0.2) is 0 Å². The number of ether oxygens (including phenoxy) is 1. The highest BCUT2D eigenvalue weighted by Crippen LogP contribution is 2.31. The smallest absolute Gasteiger partial charge is 0.261 e. The van der Waals surface area contributed by atoms with Gasteiger partial charge < -0.3 is 15.8 Å². The summed E-state index contributed by atoms with van der Waals surface area (Å²) in [6.07, 6.45) is 0.174. The van der Waals surface area contributed by atoms with Crippen molar-refractivity contribution in [2.75, 3.05) is 5.73 Å². The Labute approximate surface area is 119 Å². The lowest BCUT2D eigenvalue weighted by Gasteiger charge is -2.27. The van der Waals surface area contributed by atoms with Crippen LogP contribution in [0, 0.1) is 0 Å². The second kappa shape index (κ2) is 6.15. The molecular formula is C14H21ClN2O2. The van der Waals surface area contributed by atoms with Crippen LogP contribution < -0.4 is 15.8 Å². The Balaban J connectivity index is 2.75. The number of nitrogens with one attached hydrogen (secondary N) is 1. The largest absolute Gasteiger partial charge is 0.477 e. The fourth-order valence-electron chi connectivity index (χ4n) is 1.40. The molecule has 0 saturated heterocycles. The van der Waals surface area contributed by atoms with Gasteiger partial charge in [-0.3, -0.25) is 4.79 Å². The molecule has 0 aliphatic carbocycles. The van der Waals surface area contributed by atoms with Crippen LogP contribution in [0.15, 0.2) is 18.2 Å². The Morgan fingerprint density at radius 1 is 1.53 bits per heavy atom. The molecule has 0 spiro atoms. The van der Waals surface area contributed by atoms with Crippen molar-refractivity contribution in [3.05, 3.63) is 23.2 Å². The molecule has 3 N–H and O–H groups in total. The SMILES string of the molecule is CCC(C)(C)NC(=O)C(C)Oc1c(N)cccc1Cl. The number of rotatable bonds is 5. The number of halogens is 1. The summed E-state index contributed by atoms with van der Waals surface area (Å²) < 4.78 is 5.56. The van der Waals surface area contributed by atoms with Crippen LogP contribution in [0.1, 0.15) is 34.1 Å². The van der Waals surface area contributed by atoms with Gasteiger partial charge in [0.15, 0.2) is 11.9 Å². The number of amides is 1. The molecule has 1 rings (SSSR count). The Morgan fingerprint density at radius 2 is 2.16 bits per heavy atom. The van der Waals surface area contributed by atoms with Crippen molar-refractivity contribution in [3.63, 3.8) is 0 Å². The molecule has 19 heavy (non-hydrogen) atoms. The lowest BCUT2D eigenvalue weighted by Crippen LogP contribution is -2.48. The minimum atomic E-state index is -0.659. The average molecular weight is 285 g/mol. The van der Waals surface area contributed by atoms with Crippen molar-refractivity contribution in [3.8, 4) is 5.75 Å². The number of nitrogen functional groups attached to an aromatic ring is 1. The molecule has 0 aliphatic heterocycles. The van der Waals surface area contributed by atoms with Gasteiger partial charge in [0.25, 0.3) is 5.91 Å². The quantitative estimate of drug-likeness (QED) is 0.817. The number of hydrogen-bond acceptors (Lipinski definition) is 3. The number of nitrogens with two attached hydrogens (primary N) is 1. The molecule has 1 amide bonds. The zero-order valence-electron chi connectivity index (χ0n) is 11.8. The van der Waals surface area contributed by atoms with Crippen molar-refractivity contribution < 1.29 is 9.53 Å². The third-order valence-electron chi connectivity index (χ3n) is 3.01. The molecular weight excluding hydrogens is 264 g/mol. The summed E-state index contributed by atoms with van der Waals surface area (Å²) in [7, 11) is 0. The van der Waals surface area contributed by atoms with Crippen LogP contribution in [-0.4, -0.2) is 17.6 Å². The van der Waals surface area contributed by atoms with Crippen LogP contribution in [0.25, 0.3) is 0 Å². The van der Waals surface area contributed by atoms with Crippen LogP contribution in [-0.2, 0) is 4.79 Å². The van der Waals surface area contributed by atoms with E-state index in [1.807, 2.05) is 20.8 Å². The molecule has 1 aromatic rings. The average Bonchev–Trinajstić information content (AvgIpc) is 2.33. The van der Waals surface area contributed by atoms with Gasteiger partial charge in [-0.1, -0.05) is 24.6 Å². The van der Waals surface area contributed by atoms with Gasteiger partial charge in [-0.2, -0.15) is 0 Å². The van der Waals surface area contributed by atoms with E-state index in [0.29, 0.717) is 16.5 Å². The highest BCUT2D eigenvalue weighted by atomic mass is 35.5. The summed E-state index contributed by atoms with van der Waals surface area (Å²) >= 11 is 6.00. The highest BCUT2D eigenvalue weighted by molar-refractivity contribution is 6.32. The summed E-state index contributed by atoms with van der Waals surface area (Å²) in [6.45, 7) is 7.60. The van der Waals surface area contributed by atoms with Crippen LogP contribution in [0.5, 0.6) is 5.75 Å². The number of carbonyl (C=O) groups excluding carboxylic acids is 1. The van der Waals surface area contributed by atoms with Crippen molar-refractivity contribution >= 4 is 23.2 Å². The lowest BCUT2D eigenvalue weighted by atomic mass is 10.0. The fourth-order valence-corrected chi connectivity index (χ4v) is 1.63. The maximum atomic E-state index is 12.0. The first-order valence-corrected chi connectivity index (χ1v) is 6.67. The summed E-state index contributed by atoms with van der Waals surface area (Å²) in [5.41, 5.74) is 5.94. The molecule has 0 fully saturated rings. The van der Waals surface area contributed by atoms with E-state index in [1.54, 1.807) is 25.1 Å². The van der Waals surface area contributed by atoms with Gasteiger partial charge in [-0.05, 0) is 39.3 Å². The van der Waals surface area contributed by atoms with Crippen molar-refractivity contribution in [2.45, 2.75) is 45.8 Å². The summed E-state index contributed by atoms with van der Waals surface area (Å²) in [5, 5.41) is 3.31. The molecule has 1 atom stereocenters. The van der Waals surface area contributed by atoms with Crippen molar-refractivity contribution in [1.82, 2.24) is 5.32 Å². The molecule has 1 unspecified atom stereocenters. The van der Waals surface area contributed by atoms with Gasteiger partial charge in [0.1, 0.15) is 0 Å².